The highest BCUT2D eigenvalue weighted by Crippen LogP contribution is 2.37. The Hall–Kier alpha value is -4.52. The second-order valence-electron chi connectivity index (χ2n) is 8.34. The van der Waals surface area contributed by atoms with Crippen molar-refractivity contribution in [3.05, 3.63) is 72.6 Å². The van der Waals surface area contributed by atoms with E-state index in [0.29, 0.717) is 38.2 Å². The molecule has 0 bridgehead atoms. The molecule has 1 aliphatic heterocycles. The van der Waals surface area contributed by atoms with Gasteiger partial charge >= 0.3 is 0 Å². The molecule has 2 aromatic carbocycles. The minimum atomic E-state index is -1.15. The monoisotopic (exact) mass is 490 g/mol. The van der Waals surface area contributed by atoms with Crippen LogP contribution in [-0.4, -0.2) is 40.4 Å². The maximum Gasteiger partial charge on any atom is 0.263 e. The fraction of sp³-hybridized carbons (Fsp3) is 0.231. The third-order valence-corrected chi connectivity index (χ3v) is 6.02. The highest BCUT2D eigenvalue weighted by atomic mass is 19.2. The van der Waals surface area contributed by atoms with Crippen LogP contribution in [-0.2, 0) is 4.79 Å². The van der Waals surface area contributed by atoms with Crippen LogP contribution >= 0.6 is 0 Å². The highest BCUT2D eigenvalue weighted by molar-refractivity contribution is 5.96. The zero-order chi connectivity index (χ0) is 25.7. The van der Waals surface area contributed by atoms with E-state index in [4.69, 9.17) is 15.7 Å². The summed E-state index contributed by atoms with van der Waals surface area (Å²) in [5.41, 5.74) is 6.02. The molecule has 0 atom stereocenters. The largest absolute Gasteiger partial charge is 0.454 e. The third-order valence-electron chi connectivity index (χ3n) is 6.02. The van der Waals surface area contributed by atoms with Gasteiger partial charge in [0, 0.05) is 25.2 Å². The SMILES string of the molecule is C=C(C#N)C(=O)N1CCC(CNc2ncnc(N)c2-c2ccc(Oc3ccccc3)c(F)c2F)CC1. The number of rotatable bonds is 7. The maximum absolute atomic E-state index is 15.2. The lowest BCUT2D eigenvalue weighted by molar-refractivity contribution is -0.127. The van der Waals surface area contributed by atoms with Gasteiger partial charge in [-0.1, -0.05) is 24.8 Å². The molecule has 1 amide bonds. The van der Waals surface area contributed by atoms with Crippen LogP contribution in [0.25, 0.3) is 11.1 Å². The van der Waals surface area contributed by atoms with E-state index in [1.807, 2.05) is 0 Å². The molecule has 0 radical (unpaired) electrons. The van der Waals surface area contributed by atoms with Crippen LogP contribution in [0.15, 0.2) is 60.9 Å². The Morgan fingerprint density at radius 2 is 1.89 bits per heavy atom. The van der Waals surface area contributed by atoms with Crippen LogP contribution < -0.4 is 15.8 Å². The van der Waals surface area contributed by atoms with Crippen molar-refractivity contribution in [2.75, 3.05) is 30.7 Å². The van der Waals surface area contributed by atoms with E-state index in [2.05, 4.69) is 21.9 Å². The second-order valence-corrected chi connectivity index (χ2v) is 8.34. The molecule has 0 unspecified atom stereocenters. The fourth-order valence-corrected chi connectivity index (χ4v) is 4.04. The first-order chi connectivity index (χ1) is 17.4. The van der Waals surface area contributed by atoms with E-state index in [1.54, 1.807) is 41.3 Å². The number of nitrogens with zero attached hydrogens (tertiary/aromatic N) is 4. The number of hydrogen-bond acceptors (Lipinski definition) is 7. The van der Waals surface area contributed by atoms with Gasteiger partial charge in [-0.3, -0.25) is 4.79 Å². The van der Waals surface area contributed by atoms with Crippen molar-refractivity contribution in [2.24, 2.45) is 5.92 Å². The molecule has 1 saturated heterocycles. The summed E-state index contributed by atoms with van der Waals surface area (Å²) in [4.78, 5) is 21.9. The second kappa shape index (κ2) is 10.8. The zero-order valence-corrected chi connectivity index (χ0v) is 19.4. The Kier molecular flexibility index (Phi) is 7.39. The summed E-state index contributed by atoms with van der Waals surface area (Å²) in [5.74, 6) is -2.06. The minimum absolute atomic E-state index is 0.00189. The van der Waals surface area contributed by atoms with Crippen molar-refractivity contribution >= 4 is 17.5 Å². The quantitative estimate of drug-likeness (QED) is 0.369. The van der Waals surface area contributed by atoms with Crippen molar-refractivity contribution in [2.45, 2.75) is 12.8 Å². The average molecular weight is 491 g/mol. The number of carbonyl (C=O) groups excluding carboxylic acids is 1. The maximum atomic E-state index is 15.2. The molecule has 36 heavy (non-hydrogen) atoms. The summed E-state index contributed by atoms with van der Waals surface area (Å²) in [6, 6.07) is 13.0. The lowest BCUT2D eigenvalue weighted by Crippen LogP contribution is -2.40. The molecule has 0 spiro atoms. The highest BCUT2D eigenvalue weighted by Gasteiger charge is 2.25. The smallest absolute Gasteiger partial charge is 0.263 e. The van der Waals surface area contributed by atoms with Crippen LogP contribution in [0.1, 0.15) is 12.8 Å². The molecule has 1 fully saturated rings. The van der Waals surface area contributed by atoms with Gasteiger partial charge in [-0.15, -0.1) is 0 Å². The van der Waals surface area contributed by atoms with Crippen molar-refractivity contribution in [3.63, 3.8) is 0 Å². The molecule has 3 N–H and O–H groups in total. The van der Waals surface area contributed by atoms with Gasteiger partial charge in [0.2, 0.25) is 5.82 Å². The number of nitrogens with two attached hydrogens (primary N) is 1. The van der Waals surface area contributed by atoms with Gasteiger partial charge in [-0.25, -0.2) is 14.4 Å². The first kappa shape index (κ1) is 24.6. The van der Waals surface area contributed by atoms with Gasteiger partial charge < -0.3 is 20.7 Å². The van der Waals surface area contributed by atoms with Gasteiger partial charge in [-0.2, -0.15) is 9.65 Å². The molecular formula is C26H24F2N6O2. The predicted octanol–water partition coefficient (Wildman–Crippen LogP) is 4.53. The van der Waals surface area contributed by atoms with Crippen molar-refractivity contribution in [1.82, 2.24) is 14.9 Å². The Bertz CT molecular complexity index is 1320. The number of anilines is 2. The molecule has 0 aliphatic carbocycles. The van der Waals surface area contributed by atoms with E-state index in [1.165, 1.54) is 18.5 Å². The number of amides is 1. The summed E-state index contributed by atoms with van der Waals surface area (Å²) < 4.78 is 35.5. The number of halogens is 2. The number of nitriles is 1. The van der Waals surface area contributed by atoms with Crippen LogP contribution in [0, 0.1) is 28.9 Å². The van der Waals surface area contributed by atoms with Crippen LogP contribution in [0.3, 0.4) is 0 Å². The first-order valence-corrected chi connectivity index (χ1v) is 11.3. The van der Waals surface area contributed by atoms with E-state index >= 15 is 4.39 Å². The van der Waals surface area contributed by atoms with Crippen molar-refractivity contribution < 1.29 is 18.3 Å². The molecular weight excluding hydrogens is 466 g/mol. The summed E-state index contributed by atoms with van der Waals surface area (Å²) in [6.45, 7) is 4.94. The number of carbonyl (C=O) groups is 1. The van der Waals surface area contributed by atoms with Crippen LogP contribution in [0.4, 0.5) is 20.4 Å². The number of benzene rings is 2. The average Bonchev–Trinajstić information content (AvgIpc) is 2.91. The number of para-hydroxylation sites is 1. The molecule has 1 aliphatic rings. The van der Waals surface area contributed by atoms with E-state index in [0.717, 1.165) is 0 Å². The molecule has 184 valence electrons. The number of nitrogen functional groups attached to an aromatic ring is 1. The molecule has 0 saturated carbocycles. The summed E-state index contributed by atoms with van der Waals surface area (Å²) in [7, 11) is 0. The number of nitrogens with one attached hydrogen (secondary N) is 1. The van der Waals surface area contributed by atoms with E-state index < -0.39 is 11.6 Å². The number of ether oxygens (including phenoxy) is 1. The standard InChI is InChI=1S/C26H24F2N6O2/c1-16(13-29)26(35)34-11-9-17(10-12-34)14-31-25-21(24(30)32-15-33-25)19-7-8-20(23(28)22(19)27)36-18-5-3-2-4-6-18/h2-8,15,17H,1,9-12,14H2,(H3,30,31,32,33). The van der Waals surface area contributed by atoms with Gasteiger partial charge in [0.25, 0.3) is 5.91 Å². The lowest BCUT2D eigenvalue weighted by atomic mass is 9.96. The summed E-state index contributed by atoms with van der Waals surface area (Å²) in [5, 5.41) is 12.0. The number of hydrogen-bond donors (Lipinski definition) is 2. The van der Waals surface area contributed by atoms with Gasteiger partial charge in [0.1, 0.15) is 35.4 Å². The lowest BCUT2D eigenvalue weighted by Gasteiger charge is -2.32. The van der Waals surface area contributed by atoms with Crippen LogP contribution in [0.5, 0.6) is 11.5 Å². The Balaban J connectivity index is 1.49. The topological polar surface area (TPSA) is 117 Å². The van der Waals surface area contributed by atoms with Gasteiger partial charge in [-0.05, 0) is 43.0 Å². The molecule has 3 aromatic rings. The molecule has 4 rings (SSSR count). The van der Waals surface area contributed by atoms with Crippen molar-refractivity contribution in [1.29, 1.82) is 5.26 Å². The van der Waals surface area contributed by atoms with E-state index in [9.17, 15) is 9.18 Å². The third kappa shape index (κ3) is 5.25. The number of likely N-dealkylation sites (tertiary alicyclic amines) is 1. The van der Waals surface area contributed by atoms with Gasteiger partial charge in [0.15, 0.2) is 11.6 Å². The molecule has 10 heteroatoms. The Labute approximate surface area is 207 Å². The van der Waals surface area contributed by atoms with Crippen molar-refractivity contribution in [3.8, 4) is 28.7 Å². The predicted molar refractivity (Wildman–Crippen MR) is 131 cm³/mol. The molecule has 2 heterocycles. The Morgan fingerprint density at radius 1 is 1.17 bits per heavy atom. The Morgan fingerprint density at radius 3 is 2.58 bits per heavy atom. The normalized spacial score (nSPS) is 13.6. The molecule has 1 aromatic heterocycles. The minimum Gasteiger partial charge on any atom is -0.454 e. The summed E-state index contributed by atoms with van der Waals surface area (Å²) in [6.07, 6.45) is 2.64. The fourth-order valence-electron chi connectivity index (χ4n) is 4.04. The number of aromatic nitrogens is 2. The van der Waals surface area contributed by atoms with E-state index in [-0.39, 0.29) is 45.9 Å². The zero-order valence-electron chi connectivity index (χ0n) is 19.4. The first-order valence-electron chi connectivity index (χ1n) is 11.3. The molecule has 8 nitrogen and oxygen atoms in total. The number of piperidine rings is 1. The van der Waals surface area contributed by atoms with Gasteiger partial charge in [0.05, 0.1) is 5.56 Å². The van der Waals surface area contributed by atoms with Crippen LogP contribution in [0.2, 0.25) is 0 Å². The summed E-state index contributed by atoms with van der Waals surface area (Å²) >= 11 is 0.